The number of nitrogens with zero attached hydrogens (tertiary/aromatic N) is 1. The Hall–Kier alpha value is -3.23. The molecule has 2 aromatic carbocycles. The van der Waals surface area contributed by atoms with Crippen molar-refractivity contribution in [2.75, 3.05) is 5.32 Å². The van der Waals surface area contributed by atoms with Crippen molar-refractivity contribution in [1.82, 2.24) is 0 Å². The van der Waals surface area contributed by atoms with E-state index in [1.165, 1.54) is 23.4 Å². The Morgan fingerprint density at radius 2 is 1.75 bits per heavy atom. The molecule has 1 amide bonds. The zero-order valence-electron chi connectivity index (χ0n) is 15.9. The Balaban J connectivity index is 1.73. The Morgan fingerprint density at radius 3 is 2.43 bits per heavy atom. The predicted octanol–water partition coefficient (Wildman–Crippen LogP) is 5.90. The molecular formula is C23H20N2O2S. The van der Waals surface area contributed by atoms with Crippen LogP contribution in [0.25, 0.3) is 6.08 Å². The average Bonchev–Trinajstić information content (AvgIpc) is 3.11. The highest BCUT2D eigenvalue weighted by Crippen LogP contribution is 2.30. The van der Waals surface area contributed by atoms with E-state index < -0.39 is 5.91 Å². The number of aryl methyl sites for hydroxylation is 3. The molecule has 1 aromatic heterocycles. The van der Waals surface area contributed by atoms with Crippen molar-refractivity contribution in [2.24, 2.45) is 0 Å². The molecule has 28 heavy (non-hydrogen) atoms. The van der Waals surface area contributed by atoms with Crippen LogP contribution in [0.1, 0.15) is 22.5 Å². The van der Waals surface area contributed by atoms with Gasteiger partial charge in [0.1, 0.15) is 17.4 Å². The van der Waals surface area contributed by atoms with E-state index >= 15 is 0 Å². The minimum atomic E-state index is -0.460. The van der Waals surface area contributed by atoms with E-state index in [0.29, 0.717) is 16.5 Å². The summed E-state index contributed by atoms with van der Waals surface area (Å²) in [6.07, 6.45) is 1.46. The lowest BCUT2D eigenvalue weighted by Gasteiger charge is -2.08. The molecule has 0 saturated carbocycles. The minimum absolute atomic E-state index is 0.0128. The number of nitrogens with one attached hydrogen (secondary N) is 1. The zero-order chi connectivity index (χ0) is 20.1. The molecule has 0 saturated heterocycles. The summed E-state index contributed by atoms with van der Waals surface area (Å²) < 4.78 is 5.75. The van der Waals surface area contributed by atoms with Gasteiger partial charge in [-0.15, -0.1) is 0 Å². The lowest BCUT2D eigenvalue weighted by atomic mass is 10.1. The summed E-state index contributed by atoms with van der Waals surface area (Å²) in [4.78, 5) is 13.5. The molecular weight excluding hydrogens is 368 g/mol. The second-order valence-electron chi connectivity index (χ2n) is 6.51. The summed E-state index contributed by atoms with van der Waals surface area (Å²) in [6.45, 7) is 5.94. The molecule has 0 unspecified atom stereocenters. The number of rotatable bonds is 5. The fourth-order valence-electron chi connectivity index (χ4n) is 2.62. The van der Waals surface area contributed by atoms with Crippen molar-refractivity contribution in [3.63, 3.8) is 0 Å². The molecule has 0 radical (unpaired) electrons. The molecule has 4 nitrogen and oxygen atoms in total. The van der Waals surface area contributed by atoms with E-state index in [1.807, 2.05) is 75.4 Å². The molecule has 0 atom stereocenters. The molecule has 1 N–H and O–H groups in total. The minimum Gasteiger partial charge on any atom is -0.450 e. The number of benzene rings is 2. The van der Waals surface area contributed by atoms with E-state index in [2.05, 4.69) is 5.32 Å². The summed E-state index contributed by atoms with van der Waals surface area (Å²) >= 11 is 1.49. The van der Waals surface area contributed by atoms with E-state index in [0.717, 1.165) is 16.0 Å². The Morgan fingerprint density at radius 1 is 1.04 bits per heavy atom. The van der Waals surface area contributed by atoms with Crippen LogP contribution in [0.15, 0.2) is 74.6 Å². The first-order valence-electron chi connectivity index (χ1n) is 8.79. The number of amides is 1. The third-order valence-corrected chi connectivity index (χ3v) is 5.05. The Kier molecular flexibility index (Phi) is 6.03. The van der Waals surface area contributed by atoms with Crippen LogP contribution in [0.2, 0.25) is 0 Å². The molecule has 0 aliphatic heterocycles. The van der Waals surface area contributed by atoms with Crippen LogP contribution >= 0.6 is 11.8 Å². The van der Waals surface area contributed by atoms with E-state index in [4.69, 9.17) is 4.42 Å². The number of carbonyl (C=O) groups excluding carboxylic acids is 1. The van der Waals surface area contributed by atoms with E-state index in [-0.39, 0.29) is 5.57 Å². The van der Waals surface area contributed by atoms with Crippen LogP contribution in [-0.4, -0.2) is 5.91 Å². The van der Waals surface area contributed by atoms with Gasteiger partial charge in [0.25, 0.3) is 5.91 Å². The second-order valence-corrected chi connectivity index (χ2v) is 7.59. The topological polar surface area (TPSA) is 66.0 Å². The monoisotopic (exact) mass is 388 g/mol. The maximum absolute atomic E-state index is 12.5. The molecule has 0 spiro atoms. The molecule has 0 bridgehead atoms. The highest BCUT2D eigenvalue weighted by atomic mass is 32.2. The molecule has 1 heterocycles. The molecule has 0 aliphatic carbocycles. The van der Waals surface area contributed by atoms with Crippen LogP contribution in [0.3, 0.4) is 0 Å². The zero-order valence-corrected chi connectivity index (χ0v) is 16.8. The maximum atomic E-state index is 12.5. The van der Waals surface area contributed by atoms with Crippen molar-refractivity contribution >= 4 is 29.4 Å². The second kappa shape index (κ2) is 8.64. The average molecular weight is 388 g/mol. The van der Waals surface area contributed by atoms with Gasteiger partial charge in [0.15, 0.2) is 5.09 Å². The van der Waals surface area contributed by atoms with Crippen molar-refractivity contribution in [1.29, 1.82) is 5.26 Å². The van der Waals surface area contributed by atoms with Gasteiger partial charge >= 0.3 is 0 Å². The molecule has 140 valence electrons. The Labute approximate surface area is 168 Å². The number of anilines is 1. The molecule has 3 aromatic rings. The lowest BCUT2D eigenvalue weighted by molar-refractivity contribution is -0.112. The maximum Gasteiger partial charge on any atom is 0.266 e. The van der Waals surface area contributed by atoms with Gasteiger partial charge in [0.05, 0.1) is 0 Å². The standard InChI is InChI=1S/C23H20N2O2S/c1-15-4-8-20(9-5-15)28-22-11-7-19(27-22)13-18(14-24)23(26)25-21-10-6-16(2)12-17(21)3/h4-13H,1-3H3,(H,25,26)/b18-13-. The van der Waals surface area contributed by atoms with Crippen LogP contribution in [0.4, 0.5) is 5.69 Å². The molecule has 5 heteroatoms. The first-order valence-corrected chi connectivity index (χ1v) is 9.61. The fourth-order valence-corrected chi connectivity index (χ4v) is 3.40. The highest BCUT2D eigenvalue weighted by Gasteiger charge is 2.12. The third-order valence-electron chi connectivity index (χ3n) is 4.12. The van der Waals surface area contributed by atoms with E-state index in [1.54, 1.807) is 6.07 Å². The third kappa shape index (κ3) is 4.93. The number of hydrogen-bond donors (Lipinski definition) is 1. The normalized spacial score (nSPS) is 11.1. The summed E-state index contributed by atoms with van der Waals surface area (Å²) in [7, 11) is 0. The van der Waals surface area contributed by atoms with Crippen LogP contribution in [-0.2, 0) is 4.79 Å². The largest absolute Gasteiger partial charge is 0.450 e. The lowest BCUT2D eigenvalue weighted by Crippen LogP contribution is -2.14. The van der Waals surface area contributed by atoms with E-state index in [9.17, 15) is 10.1 Å². The quantitative estimate of drug-likeness (QED) is 0.436. The Bertz CT molecular complexity index is 1070. The number of hydrogen-bond acceptors (Lipinski definition) is 4. The van der Waals surface area contributed by atoms with Crippen molar-refractivity contribution in [2.45, 2.75) is 30.8 Å². The van der Waals surface area contributed by atoms with Crippen LogP contribution < -0.4 is 5.32 Å². The first kappa shape index (κ1) is 19.5. The predicted molar refractivity (Wildman–Crippen MR) is 112 cm³/mol. The van der Waals surface area contributed by atoms with Gasteiger partial charge in [0.2, 0.25) is 0 Å². The summed E-state index contributed by atoms with van der Waals surface area (Å²) in [6, 6.07) is 19.4. The molecule has 3 rings (SSSR count). The van der Waals surface area contributed by atoms with Crippen molar-refractivity contribution in [3.05, 3.63) is 82.6 Å². The van der Waals surface area contributed by atoms with Crippen LogP contribution in [0, 0.1) is 32.1 Å². The number of nitriles is 1. The number of furan rings is 1. The summed E-state index contributed by atoms with van der Waals surface area (Å²) in [5.41, 5.74) is 3.93. The molecule has 0 fully saturated rings. The highest BCUT2D eigenvalue weighted by molar-refractivity contribution is 7.99. The summed E-state index contributed by atoms with van der Waals surface area (Å²) in [5.74, 6) is 0.000491. The number of carbonyl (C=O) groups is 1. The van der Waals surface area contributed by atoms with Crippen molar-refractivity contribution in [3.8, 4) is 6.07 Å². The van der Waals surface area contributed by atoms with Gasteiger partial charge in [0, 0.05) is 16.7 Å². The van der Waals surface area contributed by atoms with Gasteiger partial charge in [-0.25, -0.2) is 0 Å². The SMILES string of the molecule is Cc1ccc(Sc2ccc(/C=C(/C#N)C(=O)Nc3ccc(C)cc3C)o2)cc1. The van der Waals surface area contributed by atoms with Gasteiger partial charge < -0.3 is 9.73 Å². The van der Waals surface area contributed by atoms with Gasteiger partial charge in [-0.1, -0.05) is 47.2 Å². The van der Waals surface area contributed by atoms with Gasteiger partial charge in [-0.3, -0.25) is 4.79 Å². The fraction of sp³-hybridized carbons (Fsp3) is 0.130. The van der Waals surface area contributed by atoms with Crippen molar-refractivity contribution < 1.29 is 9.21 Å². The van der Waals surface area contributed by atoms with Gasteiger partial charge in [-0.2, -0.15) is 5.26 Å². The summed E-state index contributed by atoms with van der Waals surface area (Å²) in [5, 5.41) is 12.9. The molecule has 0 aliphatic rings. The first-order chi connectivity index (χ1) is 13.4. The van der Waals surface area contributed by atoms with Crippen LogP contribution in [0.5, 0.6) is 0 Å². The smallest absolute Gasteiger partial charge is 0.266 e. The van der Waals surface area contributed by atoms with Gasteiger partial charge in [-0.05, 0) is 56.7 Å².